The van der Waals surface area contributed by atoms with Crippen LogP contribution in [-0.4, -0.2) is 58.9 Å². The normalized spacial score (nSPS) is 14.8. The molecule has 1 saturated heterocycles. The van der Waals surface area contributed by atoms with Crippen molar-refractivity contribution < 1.29 is 9.59 Å². The van der Waals surface area contributed by atoms with Crippen LogP contribution in [0.2, 0.25) is 0 Å². The SMILES string of the molecule is Cc1ccc(C)n1-c1ccc(C(=O)N2CCCN(CC(=O)Nc3ccccc3)CC2)cc1. The first-order valence-electron chi connectivity index (χ1n) is 11.1. The number of aryl methyl sites for hydroxylation is 2. The fourth-order valence-corrected chi connectivity index (χ4v) is 4.27. The summed E-state index contributed by atoms with van der Waals surface area (Å²) in [4.78, 5) is 29.5. The van der Waals surface area contributed by atoms with E-state index in [9.17, 15) is 9.59 Å². The second-order valence-corrected chi connectivity index (χ2v) is 8.33. The molecule has 0 atom stereocenters. The third-order valence-electron chi connectivity index (χ3n) is 5.94. The van der Waals surface area contributed by atoms with Gasteiger partial charge < -0.3 is 14.8 Å². The molecular weight excluding hydrogens is 400 g/mol. The summed E-state index contributed by atoms with van der Waals surface area (Å²) in [5, 5.41) is 2.93. The highest BCUT2D eigenvalue weighted by Crippen LogP contribution is 2.18. The smallest absolute Gasteiger partial charge is 0.253 e. The van der Waals surface area contributed by atoms with Crippen LogP contribution in [0.3, 0.4) is 0 Å². The van der Waals surface area contributed by atoms with Crippen LogP contribution < -0.4 is 5.32 Å². The van der Waals surface area contributed by atoms with E-state index in [2.05, 4.69) is 40.8 Å². The van der Waals surface area contributed by atoms with Crippen LogP contribution in [0.4, 0.5) is 5.69 Å². The van der Waals surface area contributed by atoms with Crippen molar-refractivity contribution in [3.63, 3.8) is 0 Å². The third-order valence-corrected chi connectivity index (χ3v) is 5.94. The molecule has 6 nitrogen and oxygen atoms in total. The molecule has 0 aliphatic carbocycles. The molecular formula is C26H30N4O2. The van der Waals surface area contributed by atoms with Crippen molar-refractivity contribution in [2.75, 3.05) is 38.0 Å². The van der Waals surface area contributed by atoms with E-state index in [0.717, 1.165) is 24.3 Å². The molecule has 4 rings (SSSR count). The molecule has 1 N–H and O–H groups in total. The van der Waals surface area contributed by atoms with Crippen molar-refractivity contribution in [3.8, 4) is 5.69 Å². The Balaban J connectivity index is 1.34. The maximum Gasteiger partial charge on any atom is 0.253 e. The number of carbonyl (C=O) groups excluding carboxylic acids is 2. The molecule has 1 fully saturated rings. The Labute approximate surface area is 189 Å². The molecule has 0 spiro atoms. The van der Waals surface area contributed by atoms with Gasteiger partial charge in [0.25, 0.3) is 5.91 Å². The number of rotatable bonds is 5. The van der Waals surface area contributed by atoms with Gasteiger partial charge in [-0.2, -0.15) is 0 Å². The summed E-state index contributed by atoms with van der Waals surface area (Å²) in [5.74, 6) is 0.0234. The zero-order chi connectivity index (χ0) is 22.5. The zero-order valence-corrected chi connectivity index (χ0v) is 18.8. The number of hydrogen-bond acceptors (Lipinski definition) is 3. The Morgan fingerprint density at radius 1 is 0.812 bits per heavy atom. The van der Waals surface area contributed by atoms with Gasteiger partial charge in [0.2, 0.25) is 5.91 Å². The molecule has 1 aliphatic rings. The van der Waals surface area contributed by atoms with Crippen molar-refractivity contribution >= 4 is 17.5 Å². The minimum atomic E-state index is -0.0258. The fraction of sp³-hybridized carbons (Fsp3) is 0.308. The molecule has 3 aromatic rings. The van der Waals surface area contributed by atoms with Crippen LogP contribution in [-0.2, 0) is 4.79 Å². The Morgan fingerprint density at radius 3 is 2.19 bits per heavy atom. The van der Waals surface area contributed by atoms with E-state index in [1.807, 2.05) is 59.5 Å². The number of amides is 2. The van der Waals surface area contributed by atoms with Crippen molar-refractivity contribution in [1.82, 2.24) is 14.4 Å². The summed E-state index contributed by atoms with van der Waals surface area (Å²) >= 11 is 0. The summed E-state index contributed by atoms with van der Waals surface area (Å²) in [6.07, 6.45) is 0.851. The average Bonchev–Trinajstić information content (AvgIpc) is 2.98. The molecule has 1 aromatic heterocycles. The van der Waals surface area contributed by atoms with Gasteiger partial charge in [-0.05, 0) is 68.8 Å². The lowest BCUT2D eigenvalue weighted by Crippen LogP contribution is -2.38. The molecule has 0 unspecified atom stereocenters. The molecule has 2 amide bonds. The molecule has 6 heteroatoms. The number of aromatic nitrogens is 1. The van der Waals surface area contributed by atoms with Crippen molar-refractivity contribution in [3.05, 3.63) is 83.7 Å². The predicted octanol–water partition coefficient (Wildman–Crippen LogP) is 3.88. The lowest BCUT2D eigenvalue weighted by Gasteiger charge is -2.22. The largest absolute Gasteiger partial charge is 0.337 e. The van der Waals surface area contributed by atoms with Crippen molar-refractivity contribution in [2.24, 2.45) is 0 Å². The number of benzene rings is 2. The Bertz CT molecular complexity index is 1050. The molecule has 2 aromatic carbocycles. The standard InChI is InChI=1S/C26H30N4O2/c1-20-9-10-21(2)30(20)24-13-11-22(12-14-24)26(32)29-16-6-15-28(17-18-29)19-25(31)27-23-7-4-3-5-8-23/h3-5,7-14H,6,15-19H2,1-2H3,(H,27,31). The van der Waals surface area contributed by atoms with Gasteiger partial charge >= 0.3 is 0 Å². The Kier molecular flexibility index (Phi) is 6.71. The van der Waals surface area contributed by atoms with Crippen LogP contribution >= 0.6 is 0 Å². The van der Waals surface area contributed by atoms with E-state index in [-0.39, 0.29) is 11.8 Å². The highest BCUT2D eigenvalue weighted by atomic mass is 16.2. The molecule has 166 valence electrons. The van der Waals surface area contributed by atoms with Gasteiger partial charge in [0.05, 0.1) is 6.54 Å². The molecule has 2 heterocycles. The maximum absolute atomic E-state index is 13.1. The number of nitrogens with one attached hydrogen (secondary N) is 1. The van der Waals surface area contributed by atoms with Crippen LogP contribution in [0.1, 0.15) is 28.2 Å². The van der Waals surface area contributed by atoms with Crippen molar-refractivity contribution in [2.45, 2.75) is 20.3 Å². The predicted molar refractivity (Wildman–Crippen MR) is 127 cm³/mol. The molecule has 0 saturated carbocycles. The number of anilines is 1. The molecule has 32 heavy (non-hydrogen) atoms. The third kappa shape index (κ3) is 5.08. The Hall–Kier alpha value is -3.38. The van der Waals surface area contributed by atoms with Gasteiger partial charge in [-0.15, -0.1) is 0 Å². The first-order valence-corrected chi connectivity index (χ1v) is 11.1. The van der Waals surface area contributed by atoms with Gasteiger partial charge in [-0.3, -0.25) is 14.5 Å². The number of carbonyl (C=O) groups is 2. The second kappa shape index (κ2) is 9.83. The molecule has 0 radical (unpaired) electrons. The zero-order valence-electron chi connectivity index (χ0n) is 18.8. The highest BCUT2D eigenvalue weighted by Gasteiger charge is 2.21. The first-order chi connectivity index (χ1) is 15.5. The van der Waals surface area contributed by atoms with E-state index in [4.69, 9.17) is 0 Å². The van der Waals surface area contributed by atoms with E-state index >= 15 is 0 Å². The molecule has 0 bridgehead atoms. The highest BCUT2D eigenvalue weighted by molar-refractivity contribution is 5.94. The van der Waals surface area contributed by atoms with Gasteiger partial charge in [0.15, 0.2) is 0 Å². The lowest BCUT2D eigenvalue weighted by molar-refractivity contribution is -0.117. The number of hydrogen-bond donors (Lipinski definition) is 1. The van der Waals surface area contributed by atoms with Crippen LogP contribution in [0, 0.1) is 13.8 Å². The van der Waals surface area contributed by atoms with Gasteiger partial charge in [-0.1, -0.05) is 18.2 Å². The van der Waals surface area contributed by atoms with Crippen LogP contribution in [0.15, 0.2) is 66.7 Å². The van der Waals surface area contributed by atoms with Gasteiger partial charge in [0.1, 0.15) is 0 Å². The Morgan fingerprint density at radius 2 is 1.50 bits per heavy atom. The minimum absolute atomic E-state index is 0.0258. The number of para-hydroxylation sites is 1. The van der Waals surface area contributed by atoms with E-state index in [1.165, 1.54) is 11.4 Å². The summed E-state index contributed by atoms with van der Waals surface area (Å²) in [7, 11) is 0. The van der Waals surface area contributed by atoms with Crippen molar-refractivity contribution in [1.29, 1.82) is 0 Å². The first kappa shape index (κ1) is 21.8. The van der Waals surface area contributed by atoms with Crippen LogP contribution in [0.25, 0.3) is 5.69 Å². The topological polar surface area (TPSA) is 57.6 Å². The van der Waals surface area contributed by atoms with E-state index in [0.29, 0.717) is 31.7 Å². The summed E-state index contributed by atoms with van der Waals surface area (Å²) in [6.45, 7) is 7.30. The summed E-state index contributed by atoms with van der Waals surface area (Å²) < 4.78 is 2.18. The monoisotopic (exact) mass is 430 g/mol. The van der Waals surface area contributed by atoms with Gasteiger partial charge in [0, 0.05) is 54.5 Å². The minimum Gasteiger partial charge on any atom is -0.337 e. The summed E-state index contributed by atoms with van der Waals surface area (Å²) in [6, 6.07) is 21.5. The average molecular weight is 431 g/mol. The number of nitrogens with zero attached hydrogens (tertiary/aromatic N) is 3. The van der Waals surface area contributed by atoms with Gasteiger partial charge in [-0.25, -0.2) is 0 Å². The van der Waals surface area contributed by atoms with Crippen LogP contribution in [0.5, 0.6) is 0 Å². The van der Waals surface area contributed by atoms with E-state index in [1.54, 1.807) is 0 Å². The van der Waals surface area contributed by atoms with E-state index < -0.39 is 0 Å². The quantitative estimate of drug-likeness (QED) is 0.668. The second-order valence-electron chi connectivity index (χ2n) is 8.33. The molecule has 1 aliphatic heterocycles. The summed E-state index contributed by atoms with van der Waals surface area (Å²) in [5.41, 5.74) is 4.91. The fourth-order valence-electron chi connectivity index (χ4n) is 4.27. The lowest BCUT2D eigenvalue weighted by atomic mass is 10.1. The maximum atomic E-state index is 13.1.